The van der Waals surface area contributed by atoms with Crippen molar-refractivity contribution in [2.45, 2.75) is 4.90 Å². The van der Waals surface area contributed by atoms with Crippen LogP contribution in [0.4, 0.5) is 16.2 Å². The maximum Gasteiger partial charge on any atom is 0.323 e. The summed E-state index contributed by atoms with van der Waals surface area (Å²) in [5, 5.41) is 5.66. The number of benzene rings is 2. The van der Waals surface area contributed by atoms with Crippen molar-refractivity contribution in [2.24, 2.45) is 0 Å². The lowest BCUT2D eigenvalue weighted by atomic mass is 10.3. The fraction of sp³-hybridized carbons (Fsp3) is 0.278. The number of amides is 2. The van der Waals surface area contributed by atoms with Gasteiger partial charge < -0.3 is 20.3 Å². The van der Waals surface area contributed by atoms with Crippen LogP contribution < -0.4 is 15.4 Å². The van der Waals surface area contributed by atoms with Crippen molar-refractivity contribution in [2.75, 3.05) is 44.1 Å². The largest absolute Gasteiger partial charge is 0.491 e. The number of urea groups is 1. The van der Waals surface area contributed by atoms with Crippen LogP contribution in [-0.4, -0.2) is 44.4 Å². The molecule has 2 aromatic carbocycles. The average Bonchev–Trinajstić information content (AvgIpc) is 2.58. The first-order chi connectivity index (χ1) is 12.0. The molecule has 0 atom stereocenters. The van der Waals surface area contributed by atoms with Crippen LogP contribution >= 0.6 is 34.4 Å². The third kappa shape index (κ3) is 6.75. The Morgan fingerprint density at radius 3 is 2.40 bits per heavy atom. The summed E-state index contributed by atoms with van der Waals surface area (Å²) < 4.78 is 6.80. The number of halogens is 1. The minimum Gasteiger partial charge on any atom is -0.491 e. The van der Waals surface area contributed by atoms with Gasteiger partial charge in [-0.1, -0.05) is 0 Å². The summed E-state index contributed by atoms with van der Waals surface area (Å²) in [4.78, 5) is 15.4. The quantitative estimate of drug-likeness (QED) is 0.458. The molecule has 0 fully saturated rings. The molecule has 0 saturated carbocycles. The molecule has 0 aliphatic heterocycles. The third-order valence-corrected chi connectivity index (χ3v) is 4.97. The number of thioether (sulfide) groups is 1. The lowest BCUT2D eigenvalue weighted by molar-refractivity contribution is 0.260. The van der Waals surface area contributed by atoms with E-state index in [-0.39, 0.29) is 6.03 Å². The molecule has 25 heavy (non-hydrogen) atoms. The van der Waals surface area contributed by atoms with E-state index >= 15 is 0 Å². The van der Waals surface area contributed by atoms with Crippen LogP contribution in [0.15, 0.2) is 47.4 Å². The molecule has 2 aromatic rings. The summed E-state index contributed by atoms with van der Waals surface area (Å²) >= 11 is 3.89. The van der Waals surface area contributed by atoms with Crippen molar-refractivity contribution < 1.29 is 9.53 Å². The second kappa shape index (κ2) is 9.88. The van der Waals surface area contributed by atoms with Crippen LogP contribution in [0.5, 0.6) is 5.75 Å². The summed E-state index contributed by atoms with van der Waals surface area (Å²) in [6.45, 7) is 1.43. The summed E-state index contributed by atoms with van der Waals surface area (Å²) in [5.74, 6) is 0.768. The minimum absolute atomic E-state index is 0.280. The van der Waals surface area contributed by atoms with Gasteiger partial charge in [-0.2, -0.15) is 0 Å². The smallest absolute Gasteiger partial charge is 0.323 e. The highest BCUT2D eigenvalue weighted by atomic mass is 127. The SMILES string of the molecule is CSc1ccc(NC(=O)Nc2ccc(I)c(OCCN(C)C)c2)cc1. The molecular weight excluding hydrogens is 449 g/mol. The number of carbonyl (C=O) groups excluding carboxylic acids is 1. The first-order valence-corrected chi connectivity index (χ1v) is 10.1. The van der Waals surface area contributed by atoms with Gasteiger partial charge >= 0.3 is 6.03 Å². The number of anilines is 2. The third-order valence-electron chi connectivity index (χ3n) is 3.33. The highest BCUT2D eigenvalue weighted by Crippen LogP contribution is 2.25. The second-order valence-corrected chi connectivity index (χ2v) is 7.65. The van der Waals surface area contributed by atoms with Crippen molar-refractivity contribution >= 4 is 51.8 Å². The summed E-state index contributed by atoms with van der Waals surface area (Å²) in [6, 6.07) is 13.1. The molecule has 0 heterocycles. The molecule has 134 valence electrons. The zero-order valence-corrected chi connectivity index (χ0v) is 17.5. The molecule has 0 aromatic heterocycles. The fourth-order valence-corrected chi connectivity index (χ4v) is 2.90. The van der Waals surface area contributed by atoms with Gasteiger partial charge in [-0.15, -0.1) is 11.8 Å². The maximum atomic E-state index is 12.2. The first kappa shape index (κ1) is 19.9. The standard InChI is InChI=1S/C18H22IN3O2S/c1-22(2)10-11-24-17-12-14(6-9-16(17)19)21-18(23)20-13-4-7-15(25-3)8-5-13/h4-9,12H,10-11H2,1-3H3,(H2,20,21,23). The van der Waals surface area contributed by atoms with Crippen LogP contribution in [0.25, 0.3) is 0 Å². The fourth-order valence-electron chi connectivity index (χ4n) is 2.00. The van der Waals surface area contributed by atoms with Gasteiger partial charge in [0.2, 0.25) is 0 Å². The zero-order valence-electron chi connectivity index (χ0n) is 14.5. The molecule has 5 nitrogen and oxygen atoms in total. The number of likely N-dealkylation sites (N-methyl/N-ethyl adjacent to an activating group) is 1. The van der Waals surface area contributed by atoms with E-state index in [1.807, 2.05) is 62.8 Å². The van der Waals surface area contributed by atoms with Gasteiger partial charge in [0.15, 0.2) is 0 Å². The monoisotopic (exact) mass is 471 g/mol. The number of rotatable bonds is 7. The summed E-state index contributed by atoms with van der Waals surface area (Å²) in [5.41, 5.74) is 1.45. The Labute approximate surface area is 166 Å². The van der Waals surface area contributed by atoms with Gasteiger partial charge in [0.1, 0.15) is 12.4 Å². The van der Waals surface area contributed by atoms with E-state index in [4.69, 9.17) is 4.74 Å². The molecule has 0 bridgehead atoms. The van der Waals surface area contributed by atoms with Crippen molar-refractivity contribution in [1.82, 2.24) is 4.90 Å². The van der Waals surface area contributed by atoms with Crippen molar-refractivity contribution in [3.05, 3.63) is 46.0 Å². The Hall–Kier alpha value is -1.45. The highest BCUT2D eigenvalue weighted by molar-refractivity contribution is 14.1. The van der Waals surface area contributed by atoms with Gasteiger partial charge in [-0.05, 0) is 79.3 Å². The molecule has 7 heteroatoms. The van der Waals surface area contributed by atoms with Crippen LogP contribution in [0.2, 0.25) is 0 Å². The molecule has 0 unspecified atom stereocenters. The van der Waals surface area contributed by atoms with E-state index in [1.54, 1.807) is 11.8 Å². The molecule has 2 amide bonds. The van der Waals surface area contributed by atoms with Gasteiger partial charge in [-0.25, -0.2) is 4.79 Å². The number of ether oxygens (including phenoxy) is 1. The van der Waals surface area contributed by atoms with E-state index in [0.717, 1.165) is 26.4 Å². The van der Waals surface area contributed by atoms with E-state index in [0.29, 0.717) is 12.3 Å². The Balaban J connectivity index is 1.95. The maximum absolute atomic E-state index is 12.2. The molecule has 0 radical (unpaired) electrons. The van der Waals surface area contributed by atoms with Crippen LogP contribution in [0.3, 0.4) is 0 Å². The predicted octanol–water partition coefficient (Wildman–Crippen LogP) is 4.60. The molecule has 2 rings (SSSR count). The van der Waals surface area contributed by atoms with Crippen LogP contribution in [0, 0.1) is 3.57 Å². The van der Waals surface area contributed by atoms with Crippen LogP contribution in [-0.2, 0) is 0 Å². The van der Waals surface area contributed by atoms with Crippen molar-refractivity contribution in [3.8, 4) is 5.75 Å². The summed E-state index contributed by atoms with van der Waals surface area (Å²) in [6.07, 6.45) is 2.02. The lowest BCUT2D eigenvalue weighted by Gasteiger charge is -2.14. The average molecular weight is 471 g/mol. The van der Waals surface area contributed by atoms with Gasteiger partial charge in [0.25, 0.3) is 0 Å². The van der Waals surface area contributed by atoms with E-state index < -0.39 is 0 Å². The molecule has 0 spiro atoms. The second-order valence-electron chi connectivity index (χ2n) is 5.60. The summed E-state index contributed by atoms with van der Waals surface area (Å²) in [7, 11) is 4.00. The molecule has 0 saturated heterocycles. The van der Waals surface area contributed by atoms with Gasteiger partial charge in [0, 0.05) is 28.9 Å². The Morgan fingerprint density at radius 1 is 1.12 bits per heavy atom. The van der Waals surface area contributed by atoms with Gasteiger partial charge in [-0.3, -0.25) is 0 Å². The Kier molecular flexibility index (Phi) is 7.86. The van der Waals surface area contributed by atoms with Crippen molar-refractivity contribution in [3.63, 3.8) is 0 Å². The normalized spacial score (nSPS) is 10.6. The molecule has 0 aliphatic rings. The number of carbonyl (C=O) groups is 1. The van der Waals surface area contributed by atoms with E-state index in [1.165, 1.54) is 0 Å². The minimum atomic E-state index is -0.280. The Bertz CT molecular complexity index is 708. The van der Waals surface area contributed by atoms with Crippen molar-refractivity contribution in [1.29, 1.82) is 0 Å². The molecule has 0 aliphatic carbocycles. The molecular formula is C18H22IN3O2S. The highest BCUT2D eigenvalue weighted by Gasteiger charge is 2.07. The predicted molar refractivity (Wildman–Crippen MR) is 114 cm³/mol. The van der Waals surface area contributed by atoms with Gasteiger partial charge in [0.05, 0.1) is 3.57 Å². The first-order valence-electron chi connectivity index (χ1n) is 7.77. The Morgan fingerprint density at radius 2 is 1.76 bits per heavy atom. The number of nitrogens with zero attached hydrogens (tertiary/aromatic N) is 1. The topological polar surface area (TPSA) is 53.6 Å². The molecule has 2 N–H and O–H groups in total. The number of hydrogen-bond acceptors (Lipinski definition) is 4. The van der Waals surface area contributed by atoms with E-state index in [2.05, 4.69) is 38.1 Å². The van der Waals surface area contributed by atoms with E-state index in [9.17, 15) is 4.79 Å². The zero-order chi connectivity index (χ0) is 18.2. The lowest BCUT2D eigenvalue weighted by Crippen LogP contribution is -2.20. The van der Waals surface area contributed by atoms with Crippen LogP contribution in [0.1, 0.15) is 0 Å². The number of hydrogen-bond donors (Lipinski definition) is 2. The number of nitrogens with one attached hydrogen (secondary N) is 2.